The predicted molar refractivity (Wildman–Crippen MR) is 140 cm³/mol. The van der Waals surface area contributed by atoms with Gasteiger partial charge in [-0.15, -0.1) is 0 Å². The number of rotatable bonds is 6. The first kappa shape index (κ1) is 25.4. The van der Waals surface area contributed by atoms with Crippen LogP contribution in [0.1, 0.15) is 65.4 Å². The standard InChI is InChI=1S/C31H22O8/c1-17-26-15-22(38-30(35)20-5-3-18(4-6-20)28(32)33)11-13-24(26)25-14-12-23(16-27(17)25)39-31(36)21-9-7-19(8-10-21)29(34)37-2/h3-17H,1-2H3,(H,32,33). The molecule has 0 heterocycles. The third-order valence-electron chi connectivity index (χ3n) is 6.60. The topological polar surface area (TPSA) is 116 Å². The third-order valence-corrected chi connectivity index (χ3v) is 6.60. The van der Waals surface area contributed by atoms with Crippen LogP contribution in [0, 0.1) is 0 Å². The summed E-state index contributed by atoms with van der Waals surface area (Å²) in [7, 11) is 1.29. The van der Waals surface area contributed by atoms with Gasteiger partial charge in [-0.05, 0) is 95.1 Å². The fraction of sp³-hybridized carbons (Fsp3) is 0.0968. The molecule has 1 N–H and O–H groups in total. The lowest BCUT2D eigenvalue weighted by atomic mass is 9.99. The number of ether oxygens (including phenoxy) is 3. The number of hydrogen-bond donors (Lipinski definition) is 1. The van der Waals surface area contributed by atoms with Crippen LogP contribution in [-0.2, 0) is 4.74 Å². The minimum Gasteiger partial charge on any atom is -0.478 e. The number of aromatic carboxylic acids is 1. The first-order chi connectivity index (χ1) is 18.7. The van der Waals surface area contributed by atoms with E-state index in [9.17, 15) is 19.2 Å². The summed E-state index contributed by atoms with van der Waals surface area (Å²) in [5, 5.41) is 9.03. The molecule has 0 spiro atoms. The highest BCUT2D eigenvalue weighted by molar-refractivity contribution is 5.95. The van der Waals surface area contributed by atoms with E-state index in [0.717, 1.165) is 22.3 Å². The molecular formula is C31H22O8. The molecule has 8 nitrogen and oxygen atoms in total. The van der Waals surface area contributed by atoms with Gasteiger partial charge < -0.3 is 19.3 Å². The van der Waals surface area contributed by atoms with Gasteiger partial charge in [-0.1, -0.05) is 19.1 Å². The number of carbonyl (C=O) groups is 4. The maximum Gasteiger partial charge on any atom is 0.343 e. The molecule has 1 aliphatic rings. The highest BCUT2D eigenvalue weighted by Crippen LogP contribution is 2.47. The minimum atomic E-state index is -1.07. The summed E-state index contributed by atoms with van der Waals surface area (Å²) in [5.41, 5.74) is 4.84. The molecule has 4 aromatic carbocycles. The summed E-state index contributed by atoms with van der Waals surface area (Å²) >= 11 is 0. The molecule has 5 rings (SSSR count). The number of hydrogen-bond acceptors (Lipinski definition) is 7. The van der Waals surface area contributed by atoms with Crippen molar-refractivity contribution < 1.29 is 38.5 Å². The summed E-state index contributed by atoms with van der Waals surface area (Å²) in [4.78, 5) is 47.9. The molecule has 39 heavy (non-hydrogen) atoms. The summed E-state index contributed by atoms with van der Waals surface area (Å²) in [5.74, 6) is -2.02. The molecule has 0 amide bonds. The summed E-state index contributed by atoms with van der Waals surface area (Å²) in [6.07, 6.45) is 0. The maximum absolute atomic E-state index is 12.7. The molecule has 1 unspecified atom stereocenters. The molecule has 0 fully saturated rings. The lowest BCUT2D eigenvalue weighted by Gasteiger charge is -2.10. The van der Waals surface area contributed by atoms with E-state index < -0.39 is 23.9 Å². The van der Waals surface area contributed by atoms with Crippen LogP contribution >= 0.6 is 0 Å². The van der Waals surface area contributed by atoms with Crippen molar-refractivity contribution in [2.45, 2.75) is 12.8 Å². The monoisotopic (exact) mass is 522 g/mol. The molecule has 1 aliphatic carbocycles. The van der Waals surface area contributed by atoms with Gasteiger partial charge in [0.25, 0.3) is 0 Å². The van der Waals surface area contributed by atoms with Gasteiger partial charge in [-0.25, -0.2) is 19.2 Å². The van der Waals surface area contributed by atoms with Gasteiger partial charge >= 0.3 is 23.9 Å². The molecule has 1 atom stereocenters. The van der Waals surface area contributed by atoms with E-state index in [4.69, 9.17) is 14.6 Å². The molecule has 0 saturated heterocycles. The Hall–Kier alpha value is -5.24. The molecule has 8 heteroatoms. The van der Waals surface area contributed by atoms with Gasteiger partial charge in [0, 0.05) is 5.92 Å². The molecule has 4 aromatic rings. The normalized spacial score (nSPS) is 13.1. The average Bonchev–Trinajstić information content (AvgIpc) is 3.23. The number of carboxylic acids is 1. The highest BCUT2D eigenvalue weighted by atomic mass is 16.5. The fourth-order valence-electron chi connectivity index (χ4n) is 4.52. The first-order valence-corrected chi connectivity index (χ1v) is 12.0. The Morgan fingerprint density at radius 3 is 1.36 bits per heavy atom. The second kappa shape index (κ2) is 10.3. The highest BCUT2D eigenvalue weighted by Gasteiger charge is 2.27. The number of methoxy groups -OCH3 is 1. The average molecular weight is 523 g/mol. The van der Waals surface area contributed by atoms with E-state index in [1.165, 1.54) is 55.6 Å². The number of carboxylic acid groups (broad SMARTS) is 1. The minimum absolute atomic E-state index is 0.0542. The first-order valence-electron chi connectivity index (χ1n) is 12.0. The van der Waals surface area contributed by atoms with Crippen LogP contribution in [0.2, 0.25) is 0 Å². The van der Waals surface area contributed by atoms with Gasteiger partial charge in [0.05, 0.1) is 29.4 Å². The predicted octanol–water partition coefficient (Wildman–Crippen LogP) is 5.74. The van der Waals surface area contributed by atoms with Crippen LogP contribution in [0.3, 0.4) is 0 Å². The third kappa shape index (κ3) is 5.00. The number of carbonyl (C=O) groups excluding carboxylic acids is 3. The van der Waals surface area contributed by atoms with Crippen LogP contribution in [-0.4, -0.2) is 36.1 Å². The molecule has 0 saturated carbocycles. The quantitative estimate of drug-likeness (QED) is 0.252. The van der Waals surface area contributed by atoms with Crippen LogP contribution in [0.15, 0.2) is 84.9 Å². The van der Waals surface area contributed by atoms with E-state index in [1.807, 2.05) is 25.1 Å². The summed E-state index contributed by atoms with van der Waals surface area (Å²) in [6, 6.07) is 22.3. The number of benzene rings is 4. The van der Waals surface area contributed by atoms with Crippen molar-refractivity contribution in [3.8, 4) is 22.6 Å². The van der Waals surface area contributed by atoms with E-state index in [0.29, 0.717) is 22.6 Å². The van der Waals surface area contributed by atoms with Crippen molar-refractivity contribution in [1.82, 2.24) is 0 Å². The molecule has 0 radical (unpaired) electrons. The van der Waals surface area contributed by atoms with E-state index in [1.54, 1.807) is 18.2 Å². The number of esters is 3. The Morgan fingerprint density at radius 1 is 0.590 bits per heavy atom. The molecule has 0 aliphatic heterocycles. The van der Waals surface area contributed by atoms with Crippen molar-refractivity contribution in [3.63, 3.8) is 0 Å². The second-order valence-corrected chi connectivity index (χ2v) is 8.95. The van der Waals surface area contributed by atoms with Gasteiger partial charge in [0.15, 0.2) is 0 Å². The van der Waals surface area contributed by atoms with Gasteiger partial charge in [0.2, 0.25) is 0 Å². The Balaban J connectivity index is 1.31. The smallest absolute Gasteiger partial charge is 0.343 e. The van der Waals surface area contributed by atoms with Crippen LogP contribution in [0.25, 0.3) is 11.1 Å². The molecule has 0 aromatic heterocycles. The zero-order chi connectivity index (χ0) is 27.7. The Labute approximate surface area is 223 Å². The van der Waals surface area contributed by atoms with Gasteiger partial charge in [-0.3, -0.25) is 0 Å². The molecular weight excluding hydrogens is 500 g/mol. The lowest BCUT2D eigenvalue weighted by Crippen LogP contribution is -2.09. The van der Waals surface area contributed by atoms with Crippen molar-refractivity contribution >= 4 is 23.9 Å². The number of fused-ring (bicyclic) bond motifs is 3. The molecule has 194 valence electrons. The van der Waals surface area contributed by atoms with Gasteiger partial charge in [-0.2, -0.15) is 0 Å². The van der Waals surface area contributed by atoms with Crippen LogP contribution in [0.5, 0.6) is 11.5 Å². The summed E-state index contributed by atoms with van der Waals surface area (Å²) in [6.45, 7) is 2.01. The zero-order valence-corrected chi connectivity index (χ0v) is 21.0. The SMILES string of the molecule is COC(=O)c1ccc(C(=O)Oc2ccc3c(c2)C(C)c2cc(OC(=O)c4ccc(C(=O)O)cc4)ccc2-3)cc1. The van der Waals surface area contributed by atoms with E-state index >= 15 is 0 Å². The Morgan fingerprint density at radius 2 is 0.974 bits per heavy atom. The van der Waals surface area contributed by atoms with E-state index in [-0.39, 0.29) is 17.0 Å². The maximum atomic E-state index is 12.7. The van der Waals surface area contributed by atoms with Crippen LogP contribution in [0.4, 0.5) is 0 Å². The molecule has 0 bridgehead atoms. The zero-order valence-electron chi connectivity index (χ0n) is 21.0. The Bertz CT molecular complexity index is 1620. The van der Waals surface area contributed by atoms with Crippen molar-refractivity contribution in [1.29, 1.82) is 0 Å². The van der Waals surface area contributed by atoms with Crippen LogP contribution < -0.4 is 9.47 Å². The van der Waals surface area contributed by atoms with Gasteiger partial charge in [0.1, 0.15) is 11.5 Å². The summed E-state index contributed by atoms with van der Waals surface area (Å²) < 4.78 is 15.8. The second-order valence-electron chi connectivity index (χ2n) is 8.95. The lowest BCUT2D eigenvalue weighted by molar-refractivity contribution is 0.0598. The van der Waals surface area contributed by atoms with Crippen molar-refractivity contribution in [2.24, 2.45) is 0 Å². The Kier molecular flexibility index (Phi) is 6.68. The fourth-order valence-corrected chi connectivity index (χ4v) is 4.52. The van der Waals surface area contributed by atoms with Crippen molar-refractivity contribution in [3.05, 3.63) is 118 Å². The van der Waals surface area contributed by atoms with Crippen molar-refractivity contribution in [2.75, 3.05) is 7.11 Å². The largest absolute Gasteiger partial charge is 0.478 e. The van der Waals surface area contributed by atoms with E-state index in [2.05, 4.69) is 4.74 Å².